The maximum Gasteiger partial charge on any atom is 0.266 e. The Bertz CT molecular complexity index is 1300. The minimum absolute atomic E-state index is 0.179. The third-order valence-corrected chi connectivity index (χ3v) is 5.06. The molecule has 6 heteroatoms. The predicted octanol–water partition coefficient (Wildman–Crippen LogP) is 5.87. The van der Waals surface area contributed by atoms with Crippen LogP contribution in [0.4, 0.5) is 0 Å². The van der Waals surface area contributed by atoms with Crippen molar-refractivity contribution in [3.8, 4) is 11.4 Å². The molecule has 1 heterocycles. The summed E-state index contributed by atoms with van der Waals surface area (Å²) < 4.78 is 7.01. The maximum absolute atomic E-state index is 13.3. The molecule has 0 spiro atoms. The Morgan fingerprint density at radius 3 is 2.52 bits per heavy atom. The summed E-state index contributed by atoms with van der Waals surface area (Å²) in [6, 6.07) is 19.8. The van der Waals surface area contributed by atoms with Gasteiger partial charge in [0.15, 0.2) is 0 Å². The zero-order valence-corrected chi connectivity index (χ0v) is 17.0. The molecule has 0 radical (unpaired) electrons. The van der Waals surface area contributed by atoms with Gasteiger partial charge in [0.2, 0.25) is 0 Å². The summed E-state index contributed by atoms with van der Waals surface area (Å²) >= 11 is 12.3. The fourth-order valence-electron chi connectivity index (χ4n) is 3.11. The number of rotatable bonds is 4. The number of para-hydroxylation sites is 3. The van der Waals surface area contributed by atoms with Gasteiger partial charge < -0.3 is 4.74 Å². The molecule has 0 aliphatic carbocycles. The fourth-order valence-corrected chi connectivity index (χ4v) is 3.58. The molecule has 0 N–H and O–H groups in total. The van der Waals surface area contributed by atoms with Crippen LogP contribution in [-0.2, 0) is 0 Å². The van der Waals surface area contributed by atoms with Gasteiger partial charge in [-0.2, -0.15) is 0 Å². The first-order valence-corrected chi connectivity index (χ1v) is 9.62. The standard InChI is InChI=1S/C23H16Cl2N2O2/c1-29-21-9-5-4-8-20(21)27-22(13-11-15-10-12-16(24)14-18(15)25)26-19-7-3-2-6-17(19)23(27)28/h2-14H,1H3/b13-11+. The lowest BCUT2D eigenvalue weighted by Gasteiger charge is -2.14. The number of hydrogen-bond donors (Lipinski definition) is 0. The molecule has 3 aromatic carbocycles. The zero-order valence-electron chi connectivity index (χ0n) is 15.5. The number of fused-ring (bicyclic) bond motifs is 1. The minimum atomic E-state index is -0.179. The molecule has 4 nitrogen and oxygen atoms in total. The number of halogens is 2. The maximum atomic E-state index is 13.3. The van der Waals surface area contributed by atoms with Gasteiger partial charge in [-0.1, -0.05) is 53.5 Å². The second kappa shape index (κ2) is 8.11. The van der Waals surface area contributed by atoms with E-state index in [1.54, 1.807) is 48.1 Å². The number of aromatic nitrogens is 2. The van der Waals surface area contributed by atoms with Crippen molar-refractivity contribution in [2.75, 3.05) is 7.11 Å². The number of ether oxygens (including phenoxy) is 1. The summed E-state index contributed by atoms with van der Waals surface area (Å²) in [5.41, 5.74) is 1.82. The molecule has 0 saturated carbocycles. The largest absolute Gasteiger partial charge is 0.495 e. The van der Waals surface area contributed by atoms with E-state index in [2.05, 4.69) is 0 Å². The van der Waals surface area contributed by atoms with Crippen molar-refractivity contribution in [2.45, 2.75) is 0 Å². The van der Waals surface area contributed by atoms with E-state index in [1.165, 1.54) is 0 Å². The molecular weight excluding hydrogens is 407 g/mol. The Kier molecular flexibility index (Phi) is 5.38. The summed E-state index contributed by atoms with van der Waals surface area (Å²) in [6.07, 6.45) is 3.57. The van der Waals surface area contributed by atoms with Crippen LogP contribution in [0.1, 0.15) is 11.4 Å². The second-order valence-electron chi connectivity index (χ2n) is 6.30. The molecule has 144 valence electrons. The van der Waals surface area contributed by atoms with Gasteiger partial charge in [0.25, 0.3) is 5.56 Å². The van der Waals surface area contributed by atoms with Crippen molar-refractivity contribution in [3.63, 3.8) is 0 Å². The van der Waals surface area contributed by atoms with Gasteiger partial charge in [-0.3, -0.25) is 9.36 Å². The molecule has 4 rings (SSSR count). The van der Waals surface area contributed by atoms with Crippen LogP contribution in [0.2, 0.25) is 10.0 Å². The summed E-state index contributed by atoms with van der Waals surface area (Å²) in [7, 11) is 1.57. The molecule has 0 unspecified atom stereocenters. The molecule has 0 bridgehead atoms. The molecule has 0 fully saturated rings. The van der Waals surface area contributed by atoms with Gasteiger partial charge in [-0.25, -0.2) is 4.98 Å². The first-order valence-electron chi connectivity index (χ1n) is 8.87. The van der Waals surface area contributed by atoms with Crippen molar-refractivity contribution in [1.82, 2.24) is 9.55 Å². The number of nitrogens with zero attached hydrogens (tertiary/aromatic N) is 2. The topological polar surface area (TPSA) is 44.1 Å². The van der Waals surface area contributed by atoms with Crippen molar-refractivity contribution in [1.29, 1.82) is 0 Å². The normalized spacial score (nSPS) is 11.3. The van der Waals surface area contributed by atoms with Crippen LogP contribution < -0.4 is 10.3 Å². The highest BCUT2D eigenvalue weighted by atomic mass is 35.5. The summed E-state index contributed by atoms with van der Waals surface area (Å²) in [4.78, 5) is 18.0. The van der Waals surface area contributed by atoms with Crippen LogP contribution >= 0.6 is 23.2 Å². The van der Waals surface area contributed by atoms with E-state index in [4.69, 9.17) is 32.9 Å². The molecular formula is C23H16Cl2N2O2. The third-order valence-electron chi connectivity index (χ3n) is 4.50. The predicted molar refractivity (Wildman–Crippen MR) is 119 cm³/mol. The van der Waals surface area contributed by atoms with Gasteiger partial charge in [0.05, 0.1) is 23.7 Å². The van der Waals surface area contributed by atoms with E-state index < -0.39 is 0 Å². The van der Waals surface area contributed by atoms with Gasteiger partial charge >= 0.3 is 0 Å². The highest BCUT2D eigenvalue weighted by Gasteiger charge is 2.14. The van der Waals surface area contributed by atoms with E-state index in [-0.39, 0.29) is 5.56 Å². The van der Waals surface area contributed by atoms with E-state index in [0.29, 0.717) is 38.2 Å². The summed E-state index contributed by atoms with van der Waals surface area (Å²) in [5.74, 6) is 1.04. The van der Waals surface area contributed by atoms with Gasteiger partial charge in [-0.05, 0) is 54.1 Å². The van der Waals surface area contributed by atoms with Crippen molar-refractivity contribution in [3.05, 3.63) is 98.5 Å². The molecule has 1 aromatic heterocycles. The summed E-state index contributed by atoms with van der Waals surface area (Å²) in [6.45, 7) is 0. The molecule has 4 aromatic rings. The molecule has 0 amide bonds. The Hall–Kier alpha value is -3.08. The first-order chi connectivity index (χ1) is 14.1. The lowest BCUT2D eigenvalue weighted by atomic mass is 10.2. The average Bonchev–Trinajstić information content (AvgIpc) is 2.73. The third kappa shape index (κ3) is 3.77. The number of methoxy groups -OCH3 is 1. The van der Waals surface area contributed by atoms with Crippen LogP contribution in [-0.4, -0.2) is 16.7 Å². The Balaban J connectivity index is 1.97. The molecule has 0 aliphatic heterocycles. The smallest absolute Gasteiger partial charge is 0.266 e. The van der Waals surface area contributed by atoms with E-state index in [9.17, 15) is 4.79 Å². The molecule has 0 atom stereocenters. The lowest BCUT2D eigenvalue weighted by molar-refractivity contribution is 0.412. The van der Waals surface area contributed by atoms with Gasteiger partial charge in [0.1, 0.15) is 11.6 Å². The highest BCUT2D eigenvalue weighted by Crippen LogP contribution is 2.25. The van der Waals surface area contributed by atoms with Gasteiger partial charge in [-0.15, -0.1) is 0 Å². The fraction of sp³-hybridized carbons (Fsp3) is 0.0435. The SMILES string of the molecule is COc1ccccc1-n1c(/C=C/c2ccc(Cl)cc2Cl)nc2ccccc2c1=O. The Labute approximate surface area is 177 Å². The number of benzene rings is 3. The van der Waals surface area contributed by atoms with Gasteiger partial charge in [0, 0.05) is 10.0 Å². The van der Waals surface area contributed by atoms with E-state index in [1.807, 2.05) is 42.5 Å². The Morgan fingerprint density at radius 1 is 0.966 bits per heavy atom. The molecule has 29 heavy (non-hydrogen) atoms. The van der Waals surface area contributed by atoms with E-state index in [0.717, 1.165) is 5.56 Å². The molecule has 0 aliphatic rings. The number of hydrogen-bond acceptors (Lipinski definition) is 3. The minimum Gasteiger partial charge on any atom is -0.495 e. The summed E-state index contributed by atoms with van der Waals surface area (Å²) in [5, 5.41) is 1.60. The van der Waals surface area contributed by atoms with Crippen LogP contribution in [0.3, 0.4) is 0 Å². The molecule has 0 saturated heterocycles. The Morgan fingerprint density at radius 2 is 1.72 bits per heavy atom. The lowest BCUT2D eigenvalue weighted by Crippen LogP contribution is -2.22. The highest BCUT2D eigenvalue weighted by molar-refractivity contribution is 6.35. The monoisotopic (exact) mass is 422 g/mol. The first kappa shape index (κ1) is 19.2. The quantitative estimate of drug-likeness (QED) is 0.412. The van der Waals surface area contributed by atoms with Crippen LogP contribution in [0, 0.1) is 0 Å². The second-order valence-corrected chi connectivity index (χ2v) is 7.14. The van der Waals surface area contributed by atoms with Crippen molar-refractivity contribution < 1.29 is 4.74 Å². The van der Waals surface area contributed by atoms with Crippen molar-refractivity contribution in [2.24, 2.45) is 0 Å². The van der Waals surface area contributed by atoms with E-state index >= 15 is 0 Å². The van der Waals surface area contributed by atoms with Crippen LogP contribution in [0.5, 0.6) is 5.75 Å². The average molecular weight is 423 g/mol. The van der Waals surface area contributed by atoms with Crippen LogP contribution in [0.15, 0.2) is 71.5 Å². The zero-order chi connectivity index (χ0) is 20.4. The van der Waals surface area contributed by atoms with Crippen LogP contribution in [0.25, 0.3) is 28.7 Å². The van der Waals surface area contributed by atoms with Crippen molar-refractivity contribution >= 4 is 46.3 Å².